The topological polar surface area (TPSA) is 37.8 Å². The largest absolute Gasteiger partial charge is 0.351 e. The number of hydrogen-bond donors (Lipinski definition) is 1. The van der Waals surface area contributed by atoms with Crippen LogP contribution in [0.2, 0.25) is 5.02 Å². The van der Waals surface area contributed by atoms with Crippen molar-refractivity contribution in [2.75, 3.05) is 11.6 Å². The SMILES string of the molecule is CSc1ncnc(C)c1Nc1ccccc1Cl. The van der Waals surface area contributed by atoms with Gasteiger partial charge in [0.15, 0.2) is 0 Å². The monoisotopic (exact) mass is 265 g/mol. The van der Waals surface area contributed by atoms with Crippen molar-refractivity contribution >= 4 is 34.7 Å². The van der Waals surface area contributed by atoms with Gasteiger partial charge in [0.25, 0.3) is 0 Å². The highest BCUT2D eigenvalue weighted by atomic mass is 35.5. The van der Waals surface area contributed by atoms with Crippen LogP contribution in [0.5, 0.6) is 0 Å². The number of nitrogens with one attached hydrogen (secondary N) is 1. The number of rotatable bonds is 3. The zero-order valence-electron chi connectivity index (χ0n) is 9.57. The van der Waals surface area contributed by atoms with Crippen molar-refractivity contribution in [2.24, 2.45) is 0 Å². The summed E-state index contributed by atoms with van der Waals surface area (Å²) in [5.74, 6) is 0. The van der Waals surface area contributed by atoms with E-state index in [9.17, 15) is 0 Å². The standard InChI is InChI=1S/C12H12ClN3S/c1-8-11(12(17-2)15-7-14-8)16-10-6-4-3-5-9(10)13/h3-7,16H,1-2H3. The van der Waals surface area contributed by atoms with Gasteiger partial charge in [0.2, 0.25) is 0 Å². The summed E-state index contributed by atoms with van der Waals surface area (Å²) in [6, 6.07) is 7.62. The van der Waals surface area contributed by atoms with Crippen molar-refractivity contribution in [1.82, 2.24) is 9.97 Å². The summed E-state index contributed by atoms with van der Waals surface area (Å²) in [4.78, 5) is 8.41. The molecule has 0 fully saturated rings. The Labute approximate surface area is 110 Å². The van der Waals surface area contributed by atoms with Crippen molar-refractivity contribution in [3.63, 3.8) is 0 Å². The first kappa shape index (κ1) is 12.2. The molecule has 0 radical (unpaired) electrons. The number of aromatic nitrogens is 2. The van der Waals surface area contributed by atoms with E-state index in [2.05, 4.69) is 15.3 Å². The number of nitrogens with zero attached hydrogens (tertiary/aromatic N) is 2. The second-order valence-corrected chi connectivity index (χ2v) is 4.65. The lowest BCUT2D eigenvalue weighted by Gasteiger charge is -2.12. The number of hydrogen-bond acceptors (Lipinski definition) is 4. The number of halogens is 1. The summed E-state index contributed by atoms with van der Waals surface area (Å²) in [6.07, 6.45) is 3.55. The second-order valence-electron chi connectivity index (χ2n) is 3.45. The van der Waals surface area contributed by atoms with Crippen molar-refractivity contribution in [3.8, 4) is 0 Å². The summed E-state index contributed by atoms with van der Waals surface area (Å²) < 4.78 is 0. The van der Waals surface area contributed by atoms with E-state index >= 15 is 0 Å². The van der Waals surface area contributed by atoms with E-state index in [1.807, 2.05) is 37.4 Å². The molecule has 17 heavy (non-hydrogen) atoms. The zero-order chi connectivity index (χ0) is 12.3. The number of aryl methyl sites for hydroxylation is 1. The van der Waals surface area contributed by atoms with E-state index in [4.69, 9.17) is 11.6 Å². The maximum Gasteiger partial charge on any atom is 0.123 e. The Bertz CT molecular complexity index is 531. The van der Waals surface area contributed by atoms with Gasteiger partial charge in [0.1, 0.15) is 11.4 Å². The molecule has 0 aliphatic carbocycles. The first-order valence-electron chi connectivity index (χ1n) is 5.09. The van der Waals surface area contributed by atoms with Crippen molar-refractivity contribution in [1.29, 1.82) is 0 Å². The summed E-state index contributed by atoms with van der Waals surface area (Å²) in [7, 11) is 0. The number of thioether (sulfide) groups is 1. The molecule has 2 rings (SSSR count). The van der Waals surface area contributed by atoms with E-state index < -0.39 is 0 Å². The quantitative estimate of drug-likeness (QED) is 0.675. The van der Waals surface area contributed by atoms with Crippen LogP contribution >= 0.6 is 23.4 Å². The van der Waals surface area contributed by atoms with E-state index in [0.717, 1.165) is 22.1 Å². The molecule has 0 saturated heterocycles. The smallest absolute Gasteiger partial charge is 0.123 e. The molecule has 88 valence electrons. The molecule has 0 unspecified atom stereocenters. The highest BCUT2D eigenvalue weighted by Gasteiger charge is 2.09. The number of benzene rings is 1. The lowest BCUT2D eigenvalue weighted by atomic mass is 10.3. The lowest BCUT2D eigenvalue weighted by molar-refractivity contribution is 1.01. The summed E-state index contributed by atoms with van der Waals surface area (Å²) in [6.45, 7) is 1.95. The normalized spacial score (nSPS) is 10.3. The molecule has 0 bridgehead atoms. The molecular weight excluding hydrogens is 254 g/mol. The first-order chi connectivity index (χ1) is 8.22. The average molecular weight is 266 g/mol. The van der Waals surface area contributed by atoms with Crippen molar-refractivity contribution in [3.05, 3.63) is 41.3 Å². The van der Waals surface area contributed by atoms with Gasteiger partial charge >= 0.3 is 0 Å². The fourth-order valence-electron chi connectivity index (χ4n) is 1.45. The summed E-state index contributed by atoms with van der Waals surface area (Å²) >= 11 is 7.69. The van der Waals surface area contributed by atoms with Crippen LogP contribution in [0.4, 0.5) is 11.4 Å². The van der Waals surface area contributed by atoms with Gasteiger partial charge in [0.05, 0.1) is 22.1 Å². The van der Waals surface area contributed by atoms with E-state index in [0.29, 0.717) is 5.02 Å². The summed E-state index contributed by atoms with van der Waals surface area (Å²) in [5, 5.41) is 4.88. The molecule has 0 spiro atoms. The maximum atomic E-state index is 6.11. The fourth-order valence-corrected chi connectivity index (χ4v) is 2.19. The molecule has 5 heteroatoms. The van der Waals surface area contributed by atoms with Gasteiger partial charge in [-0.15, -0.1) is 11.8 Å². The van der Waals surface area contributed by atoms with Gasteiger partial charge in [-0.05, 0) is 25.3 Å². The van der Waals surface area contributed by atoms with Gasteiger partial charge in [0, 0.05) is 0 Å². The van der Waals surface area contributed by atoms with Gasteiger partial charge in [-0.1, -0.05) is 23.7 Å². The van der Waals surface area contributed by atoms with Crippen LogP contribution in [0.3, 0.4) is 0 Å². The van der Waals surface area contributed by atoms with E-state index in [1.54, 1.807) is 18.1 Å². The molecule has 0 saturated carbocycles. The van der Waals surface area contributed by atoms with Gasteiger partial charge in [-0.2, -0.15) is 0 Å². The molecular formula is C12H12ClN3S. The van der Waals surface area contributed by atoms with Crippen LogP contribution in [0.15, 0.2) is 35.6 Å². The molecule has 1 heterocycles. The minimum atomic E-state index is 0.683. The molecule has 0 aliphatic heterocycles. The average Bonchev–Trinajstić information content (AvgIpc) is 2.34. The van der Waals surface area contributed by atoms with Crippen LogP contribution in [0.1, 0.15) is 5.69 Å². The molecule has 1 aromatic heterocycles. The predicted octanol–water partition coefficient (Wildman–Crippen LogP) is 3.90. The van der Waals surface area contributed by atoms with Crippen LogP contribution in [0, 0.1) is 6.92 Å². The molecule has 0 amide bonds. The first-order valence-corrected chi connectivity index (χ1v) is 6.70. The Morgan fingerprint density at radius 3 is 2.71 bits per heavy atom. The van der Waals surface area contributed by atoms with Crippen LogP contribution in [0.25, 0.3) is 0 Å². The lowest BCUT2D eigenvalue weighted by Crippen LogP contribution is -1.99. The Morgan fingerprint density at radius 1 is 1.24 bits per heavy atom. The highest BCUT2D eigenvalue weighted by Crippen LogP contribution is 2.30. The molecule has 1 aromatic carbocycles. The van der Waals surface area contributed by atoms with Crippen LogP contribution in [-0.4, -0.2) is 16.2 Å². The van der Waals surface area contributed by atoms with Gasteiger partial charge < -0.3 is 5.32 Å². The third-order valence-electron chi connectivity index (χ3n) is 2.33. The van der Waals surface area contributed by atoms with Crippen LogP contribution in [-0.2, 0) is 0 Å². The van der Waals surface area contributed by atoms with Gasteiger partial charge in [-0.3, -0.25) is 0 Å². The van der Waals surface area contributed by atoms with Crippen molar-refractivity contribution < 1.29 is 0 Å². The Kier molecular flexibility index (Phi) is 3.86. The third-order valence-corrected chi connectivity index (χ3v) is 3.35. The third kappa shape index (κ3) is 2.70. The fraction of sp³-hybridized carbons (Fsp3) is 0.167. The highest BCUT2D eigenvalue weighted by molar-refractivity contribution is 7.98. The number of anilines is 2. The molecule has 1 N–H and O–H groups in total. The zero-order valence-corrected chi connectivity index (χ0v) is 11.1. The summed E-state index contributed by atoms with van der Waals surface area (Å²) in [5.41, 5.74) is 2.68. The molecule has 0 aliphatic rings. The molecule has 2 aromatic rings. The Balaban J connectivity index is 2.39. The predicted molar refractivity (Wildman–Crippen MR) is 73.3 cm³/mol. The number of para-hydroxylation sites is 1. The van der Waals surface area contributed by atoms with Gasteiger partial charge in [-0.25, -0.2) is 9.97 Å². The maximum absolute atomic E-state index is 6.11. The molecule has 3 nitrogen and oxygen atoms in total. The van der Waals surface area contributed by atoms with Crippen LogP contribution < -0.4 is 5.32 Å². The Morgan fingerprint density at radius 2 is 2.00 bits per heavy atom. The Hall–Kier alpha value is -1.26. The minimum Gasteiger partial charge on any atom is -0.351 e. The molecule has 0 atom stereocenters. The van der Waals surface area contributed by atoms with Crippen molar-refractivity contribution in [2.45, 2.75) is 11.9 Å². The minimum absolute atomic E-state index is 0.683. The second kappa shape index (κ2) is 5.38. The van der Waals surface area contributed by atoms with E-state index in [-0.39, 0.29) is 0 Å². The van der Waals surface area contributed by atoms with E-state index in [1.165, 1.54) is 0 Å².